The maximum absolute atomic E-state index is 12.5. The summed E-state index contributed by atoms with van der Waals surface area (Å²) in [6.07, 6.45) is 1.57. The van der Waals surface area contributed by atoms with Gasteiger partial charge in [-0.3, -0.25) is 4.79 Å². The Bertz CT molecular complexity index is 409. The van der Waals surface area contributed by atoms with E-state index in [0.29, 0.717) is 12.0 Å². The number of carbonyl (C=O) groups is 1. The van der Waals surface area contributed by atoms with Gasteiger partial charge in [0.2, 0.25) is 0 Å². The highest BCUT2D eigenvalue weighted by atomic mass is 19.1. The van der Waals surface area contributed by atoms with E-state index in [1.807, 2.05) is 0 Å². The van der Waals surface area contributed by atoms with Gasteiger partial charge >= 0.3 is 0 Å². The summed E-state index contributed by atoms with van der Waals surface area (Å²) in [5.74, 6) is -0.364. The molecule has 0 spiro atoms. The van der Waals surface area contributed by atoms with Crippen molar-refractivity contribution in [1.29, 1.82) is 0 Å². The number of amidine groups is 1. The topological polar surface area (TPSA) is 81.5 Å². The van der Waals surface area contributed by atoms with Gasteiger partial charge in [0.05, 0.1) is 11.3 Å². The van der Waals surface area contributed by atoms with Gasteiger partial charge < -0.3 is 11.5 Å². The zero-order valence-electron chi connectivity index (χ0n) is 7.85. The van der Waals surface area contributed by atoms with Crippen molar-refractivity contribution in [2.45, 2.75) is 0 Å². The third-order valence-electron chi connectivity index (χ3n) is 1.68. The van der Waals surface area contributed by atoms with Crippen LogP contribution < -0.4 is 11.5 Å². The third kappa shape index (κ3) is 2.91. The monoisotopic (exact) mass is 207 g/mol. The van der Waals surface area contributed by atoms with Crippen LogP contribution in [-0.4, -0.2) is 12.1 Å². The molecule has 1 aromatic carbocycles. The minimum absolute atomic E-state index is 0.000826. The summed E-state index contributed by atoms with van der Waals surface area (Å²) < 4.78 is 12.5. The lowest BCUT2D eigenvalue weighted by atomic mass is 10.3. The summed E-state index contributed by atoms with van der Waals surface area (Å²) in [6.45, 7) is 0. The summed E-state index contributed by atoms with van der Waals surface area (Å²) in [4.78, 5) is 14.3. The SMILES string of the molecule is N/C=C(/C=O)C(N)=Nc1ccc(F)cc1. The number of nitrogens with two attached hydrogens (primary N) is 2. The highest BCUT2D eigenvalue weighted by Gasteiger charge is 2.00. The number of rotatable bonds is 3. The van der Waals surface area contributed by atoms with Gasteiger partial charge in [-0.25, -0.2) is 9.38 Å². The first-order valence-corrected chi connectivity index (χ1v) is 4.14. The smallest absolute Gasteiger partial charge is 0.155 e. The van der Waals surface area contributed by atoms with Crippen molar-refractivity contribution in [1.82, 2.24) is 0 Å². The van der Waals surface area contributed by atoms with Gasteiger partial charge in [0.15, 0.2) is 6.29 Å². The fraction of sp³-hybridized carbons (Fsp3) is 0. The average Bonchev–Trinajstić information content (AvgIpc) is 2.23. The molecule has 78 valence electrons. The fourth-order valence-electron chi connectivity index (χ4n) is 0.904. The van der Waals surface area contributed by atoms with Gasteiger partial charge in [-0.15, -0.1) is 0 Å². The molecule has 0 aliphatic heterocycles. The molecule has 0 aliphatic rings. The maximum atomic E-state index is 12.5. The number of hydrogen-bond acceptors (Lipinski definition) is 3. The van der Waals surface area contributed by atoms with Crippen LogP contribution in [0.25, 0.3) is 0 Å². The molecular weight excluding hydrogens is 197 g/mol. The molecule has 0 saturated heterocycles. The Morgan fingerprint density at radius 1 is 1.33 bits per heavy atom. The molecule has 1 rings (SSSR count). The number of aldehydes is 1. The van der Waals surface area contributed by atoms with Gasteiger partial charge in [0, 0.05) is 6.20 Å². The summed E-state index contributed by atoms with van der Waals surface area (Å²) in [7, 11) is 0. The highest BCUT2D eigenvalue weighted by molar-refractivity contribution is 6.13. The Morgan fingerprint density at radius 3 is 2.40 bits per heavy atom. The van der Waals surface area contributed by atoms with Crippen LogP contribution in [0.15, 0.2) is 41.0 Å². The second-order valence-electron chi connectivity index (χ2n) is 2.71. The number of hydrogen-bond donors (Lipinski definition) is 2. The number of aliphatic imine (C=N–C) groups is 1. The Morgan fingerprint density at radius 2 is 1.93 bits per heavy atom. The summed E-state index contributed by atoms with van der Waals surface area (Å²) >= 11 is 0. The standard InChI is InChI=1S/C10H10FN3O/c11-8-1-3-9(4-2-8)14-10(13)7(5-12)6-15/h1-6H,12H2,(H2,13,14)/b7-5-. The van der Waals surface area contributed by atoms with Crippen LogP contribution in [0, 0.1) is 5.82 Å². The van der Waals surface area contributed by atoms with Crippen molar-refractivity contribution < 1.29 is 9.18 Å². The zero-order valence-corrected chi connectivity index (χ0v) is 7.85. The minimum Gasteiger partial charge on any atom is -0.404 e. The maximum Gasteiger partial charge on any atom is 0.155 e. The molecule has 4 nitrogen and oxygen atoms in total. The lowest BCUT2D eigenvalue weighted by Crippen LogP contribution is -2.16. The van der Waals surface area contributed by atoms with Crippen molar-refractivity contribution in [3.63, 3.8) is 0 Å². The minimum atomic E-state index is -0.363. The molecule has 1 aromatic rings. The first kappa shape index (κ1) is 10.9. The van der Waals surface area contributed by atoms with Crippen LogP contribution in [0.4, 0.5) is 10.1 Å². The van der Waals surface area contributed by atoms with Crippen molar-refractivity contribution in [3.8, 4) is 0 Å². The van der Waals surface area contributed by atoms with E-state index in [-0.39, 0.29) is 17.2 Å². The van der Waals surface area contributed by atoms with Crippen molar-refractivity contribution >= 4 is 17.8 Å². The van der Waals surface area contributed by atoms with Crippen LogP contribution in [0.5, 0.6) is 0 Å². The van der Waals surface area contributed by atoms with E-state index >= 15 is 0 Å². The predicted octanol–water partition coefficient (Wildman–Crippen LogP) is 0.856. The fourth-order valence-corrected chi connectivity index (χ4v) is 0.904. The van der Waals surface area contributed by atoms with Crippen LogP contribution in [0.2, 0.25) is 0 Å². The van der Waals surface area contributed by atoms with Crippen molar-refractivity contribution in [2.24, 2.45) is 16.5 Å². The molecule has 0 aliphatic carbocycles. The molecule has 0 aromatic heterocycles. The number of nitrogens with zero attached hydrogens (tertiary/aromatic N) is 1. The summed E-state index contributed by atoms with van der Waals surface area (Å²) in [5, 5.41) is 0. The van der Waals surface area contributed by atoms with Crippen molar-refractivity contribution in [2.75, 3.05) is 0 Å². The molecule has 15 heavy (non-hydrogen) atoms. The molecule has 0 atom stereocenters. The normalized spacial score (nSPS) is 12.6. The third-order valence-corrected chi connectivity index (χ3v) is 1.68. The van der Waals surface area contributed by atoms with E-state index < -0.39 is 0 Å². The molecule has 0 heterocycles. The second kappa shape index (κ2) is 4.90. The van der Waals surface area contributed by atoms with Crippen LogP contribution >= 0.6 is 0 Å². The Kier molecular flexibility index (Phi) is 3.56. The number of benzene rings is 1. The number of halogens is 1. The highest BCUT2D eigenvalue weighted by Crippen LogP contribution is 2.12. The molecule has 0 unspecified atom stereocenters. The lowest BCUT2D eigenvalue weighted by molar-refractivity contribution is -0.104. The van der Waals surface area contributed by atoms with E-state index in [4.69, 9.17) is 11.5 Å². The number of carbonyl (C=O) groups excluding carboxylic acids is 1. The Hall–Kier alpha value is -2.17. The largest absolute Gasteiger partial charge is 0.404 e. The predicted molar refractivity (Wildman–Crippen MR) is 56.0 cm³/mol. The van der Waals surface area contributed by atoms with E-state index in [0.717, 1.165) is 6.20 Å². The van der Waals surface area contributed by atoms with Crippen molar-refractivity contribution in [3.05, 3.63) is 41.9 Å². The molecule has 0 bridgehead atoms. The van der Waals surface area contributed by atoms with Crippen LogP contribution in [-0.2, 0) is 4.79 Å². The quantitative estimate of drug-likeness (QED) is 0.334. The van der Waals surface area contributed by atoms with Gasteiger partial charge in [0.1, 0.15) is 11.7 Å². The summed E-state index contributed by atoms with van der Waals surface area (Å²) in [5.41, 5.74) is 11.2. The summed E-state index contributed by atoms with van der Waals surface area (Å²) in [6, 6.07) is 5.39. The van der Waals surface area contributed by atoms with Gasteiger partial charge in [-0.05, 0) is 24.3 Å². The first-order valence-electron chi connectivity index (χ1n) is 4.14. The second-order valence-corrected chi connectivity index (χ2v) is 2.71. The Labute approximate surface area is 86.1 Å². The van der Waals surface area contributed by atoms with E-state index in [1.165, 1.54) is 24.3 Å². The molecule has 0 amide bonds. The zero-order chi connectivity index (χ0) is 11.3. The van der Waals surface area contributed by atoms with Gasteiger partial charge in [-0.1, -0.05) is 0 Å². The van der Waals surface area contributed by atoms with E-state index in [1.54, 1.807) is 0 Å². The molecule has 5 heteroatoms. The first-order chi connectivity index (χ1) is 7.17. The molecule has 0 fully saturated rings. The molecule has 0 radical (unpaired) electrons. The van der Waals surface area contributed by atoms with E-state index in [2.05, 4.69) is 4.99 Å². The van der Waals surface area contributed by atoms with E-state index in [9.17, 15) is 9.18 Å². The van der Waals surface area contributed by atoms with Gasteiger partial charge in [0.25, 0.3) is 0 Å². The van der Waals surface area contributed by atoms with Gasteiger partial charge in [-0.2, -0.15) is 0 Å². The lowest BCUT2D eigenvalue weighted by Gasteiger charge is -1.98. The van der Waals surface area contributed by atoms with Crippen LogP contribution in [0.3, 0.4) is 0 Å². The molecule has 0 saturated carbocycles. The van der Waals surface area contributed by atoms with Crippen LogP contribution in [0.1, 0.15) is 0 Å². The average molecular weight is 207 g/mol. The Balaban J connectivity index is 2.96. The molecular formula is C10H10FN3O. The molecule has 4 N–H and O–H groups in total.